The van der Waals surface area contributed by atoms with Crippen LogP contribution in [0.3, 0.4) is 0 Å². The topological polar surface area (TPSA) is 74.6 Å². The molecule has 1 aliphatic rings. The quantitative estimate of drug-likeness (QED) is 0.323. The lowest BCUT2D eigenvalue weighted by Gasteiger charge is -2.18. The lowest BCUT2D eigenvalue weighted by molar-refractivity contribution is -0.120. The van der Waals surface area contributed by atoms with Crippen molar-refractivity contribution >= 4 is 11.6 Å². The number of allylic oxidation sites excluding steroid dienone is 2. The van der Waals surface area contributed by atoms with Gasteiger partial charge in [-0.2, -0.15) is 0 Å². The molecule has 0 bridgehead atoms. The molecule has 0 aliphatic heterocycles. The first kappa shape index (κ1) is 22.9. The fraction of sp³-hybridized carbons (Fsp3) is 0.520. The van der Waals surface area contributed by atoms with Crippen LogP contribution in [-0.2, 0) is 16.0 Å². The molecule has 0 radical (unpaired) electrons. The fourth-order valence-corrected chi connectivity index (χ4v) is 3.78. The molecular formula is C25H34O4. The molecule has 1 aliphatic carbocycles. The van der Waals surface area contributed by atoms with Crippen molar-refractivity contribution < 1.29 is 19.8 Å². The summed E-state index contributed by atoms with van der Waals surface area (Å²) < 4.78 is 0. The third kappa shape index (κ3) is 6.31. The molecule has 1 aromatic carbocycles. The number of aliphatic hydroxyl groups is 2. The normalized spacial score (nSPS) is 14.8. The maximum absolute atomic E-state index is 12.6. The smallest absolute Gasteiger partial charge is 0.227 e. The van der Waals surface area contributed by atoms with Crippen molar-refractivity contribution in [3.05, 3.63) is 58.1 Å². The number of hydrogen-bond acceptors (Lipinski definition) is 4. The molecule has 29 heavy (non-hydrogen) atoms. The fourth-order valence-electron chi connectivity index (χ4n) is 3.78. The predicted molar refractivity (Wildman–Crippen MR) is 116 cm³/mol. The summed E-state index contributed by atoms with van der Waals surface area (Å²) in [6, 6.07) is 7.50. The highest BCUT2D eigenvalue weighted by Gasteiger charge is 2.34. The molecular weight excluding hydrogens is 364 g/mol. The van der Waals surface area contributed by atoms with E-state index in [0.29, 0.717) is 6.42 Å². The van der Waals surface area contributed by atoms with Crippen molar-refractivity contribution in [1.82, 2.24) is 0 Å². The zero-order valence-corrected chi connectivity index (χ0v) is 17.8. The number of ketones is 2. The Labute approximate surface area is 174 Å². The Balaban J connectivity index is 1.88. The Kier molecular flexibility index (Phi) is 9.17. The summed E-state index contributed by atoms with van der Waals surface area (Å²) in [5.41, 5.74) is 1.86. The van der Waals surface area contributed by atoms with Crippen molar-refractivity contribution in [1.29, 1.82) is 0 Å². The molecule has 0 fully saturated rings. The lowest BCUT2D eigenvalue weighted by Crippen LogP contribution is -2.25. The van der Waals surface area contributed by atoms with Gasteiger partial charge in [0.2, 0.25) is 11.6 Å². The van der Waals surface area contributed by atoms with E-state index in [2.05, 4.69) is 6.92 Å². The average molecular weight is 399 g/mol. The molecule has 0 unspecified atom stereocenters. The molecule has 0 heterocycles. The third-order valence-corrected chi connectivity index (χ3v) is 5.71. The monoisotopic (exact) mass is 398 g/mol. The highest BCUT2D eigenvalue weighted by Crippen LogP contribution is 2.28. The summed E-state index contributed by atoms with van der Waals surface area (Å²) in [6.07, 6.45) is 10.8. The summed E-state index contributed by atoms with van der Waals surface area (Å²) in [6.45, 7) is 4.12. The van der Waals surface area contributed by atoms with Gasteiger partial charge in [0, 0.05) is 12.0 Å². The highest BCUT2D eigenvalue weighted by atomic mass is 16.3. The Bertz CT molecular complexity index is 786. The predicted octanol–water partition coefficient (Wildman–Crippen LogP) is 6.23. The SMILES string of the molecule is CCCCCCCCCCCC1=C(O)C(=O)C(Cc2ccccc2C)=C(O)C1=O. The van der Waals surface area contributed by atoms with Crippen LogP contribution in [0.1, 0.15) is 82.3 Å². The molecule has 2 N–H and O–H groups in total. The van der Waals surface area contributed by atoms with Gasteiger partial charge in [0.05, 0.1) is 5.57 Å². The number of carbonyl (C=O) groups is 2. The van der Waals surface area contributed by atoms with E-state index in [1.165, 1.54) is 38.5 Å². The van der Waals surface area contributed by atoms with E-state index in [-0.39, 0.29) is 17.6 Å². The van der Waals surface area contributed by atoms with Crippen LogP contribution in [-0.4, -0.2) is 21.8 Å². The molecule has 0 saturated heterocycles. The van der Waals surface area contributed by atoms with Crippen LogP contribution in [0.5, 0.6) is 0 Å². The van der Waals surface area contributed by atoms with Gasteiger partial charge in [-0.1, -0.05) is 82.6 Å². The largest absolute Gasteiger partial charge is 0.504 e. The highest BCUT2D eigenvalue weighted by molar-refractivity contribution is 6.23. The number of hydrogen-bond donors (Lipinski definition) is 2. The van der Waals surface area contributed by atoms with E-state index in [1.54, 1.807) is 0 Å². The Morgan fingerprint density at radius 2 is 1.24 bits per heavy atom. The molecule has 0 aromatic heterocycles. The van der Waals surface area contributed by atoms with Gasteiger partial charge in [-0.15, -0.1) is 0 Å². The zero-order valence-electron chi connectivity index (χ0n) is 17.8. The van der Waals surface area contributed by atoms with Crippen molar-refractivity contribution in [2.75, 3.05) is 0 Å². The van der Waals surface area contributed by atoms with Gasteiger partial charge in [-0.05, 0) is 30.9 Å². The van der Waals surface area contributed by atoms with Gasteiger partial charge in [0.15, 0.2) is 11.5 Å². The number of carbonyl (C=O) groups excluding carboxylic acids is 2. The van der Waals surface area contributed by atoms with Crippen LogP contribution >= 0.6 is 0 Å². The van der Waals surface area contributed by atoms with Gasteiger partial charge in [0.1, 0.15) is 0 Å². The maximum atomic E-state index is 12.6. The Hall–Kier alpha value is -2.36. The third-order valence-electron chi connectivity index (χ3n) is 5.71. The minimum absolute atomic E-state index is 0.0161. The molecule has 1 aromatic rings. The minimum atomic E-state index is -0.628. The molecule has 0 saturated carbocycles. The second kappa shape index (κ2) is 11.6. The van der Waals surface area contributed by atoms with Gasteiger partial charge >= 0.3 is 0 Å². The summed E-state index contributed by atoms with van der Waals surface area (Å²) in [5, 5.41) is 20.7. The number of aliphatic hydroxyl groups excluding tert-OH is 2. The summed E-state index contributed by atoms with van der Waals surface area (Å²) in [5.74, 6) is -2.24. The van der Waals surface area contributed by atoms with Crippen LogP contribution in [0.4, 0.5) is 0 Å². The van der Waals surface area contributed by atoms with Crippen LogP contribution < -0.4 is 0 Å². The summed E-state index contributed by atoms with van der Waals surface area (Å²) in [7, 11) is 0. The van der Waals surface area contributed by atoms with E-state index in [4.69, 9.17) is 0 Å². The van der Waals surface area contributed by atoms with Gasteiger partial charge in [-0.25, -0.2) is 0 Å². The first-order valence-electron chi connectivity index (χ1n) is 11.0. The van der Waals surface area contributed by atoms with Crippen molar-refractivity contribution in [2.45, 2.75) is 84.5 Å². The van der Waals surface area contributed by atoms with Crippen molar-refractivity contribution in [3.63, 3.8) is 0 Å². The van der Waals surface area contributed by atoms with Crippen LogP contribution in [0.25, 0.3) is 0 Å². The maximum Gasteiger partial charge on any atom is 0.227 e. The van der Waals surface area contributed by atoms with E-state index in [0.717, 1.165) is 30.4 Å². The Morgan fingerprint density at radius 3 is 1.86 bits per heavy atom. The molecule has 158 valence electrons. The van der Waals surface area contributed by atoms with Gasteiger partial charge in [-0.3, -0.25) is 9.59 Å². The second-order valence-electron chi connectivity index (χ2n) is 7.99. The summed E-state index contributed by atoms with van der Waals surface area (Å²) >= 11 is 0. The Morgan fingerprint density at radius 1 is 0.724 bits per heavy atom. The van der Waals surface area contributed by atoms with E-state index < -0.39 is 23.1 Å². The minimum Gasteiger partial charge on any atom is -0.504 e. The standard InChI is InChI=1S/C25H34O4/c1-3-4-5-6-7-8-9-10-11-16-20-22(26)24(28)21(25(29)23(20)27)17-19-15-13-12-14-18(19)2/h12-15,26,29H,3-11,16-17H2,1-2H3. The van der Waals surface area contributed by atoms with Crippen LogP contribution in [0.15, 0.2) is 46.9 Å². The number of Topliss-reactive ketones (excluding diaryl/α,β-unsaturated/α-hetero) is 2. The molecule has 2 rings (SSSR count). The zero-order chi connectivity index (χ0) is 21.2. The number of unbranched alkanes of at least 4 members (excludes halogenated alkanes) is 8. The second-order valence-corrected chi connectivity index (χ2v) is 7.99. The summed E-state index contributed by atoms with van der Waals surface area (Å²) in [4.78, 5) is 25.1. The van der Waals surface area contributed by atoms with Gasteiger partial charge in [0.25, 0.3) is 0 Å². The lowest BCUT2D eigenvalue weighted by atomic mass is 9.86. The first-order chi connectivity index (χ1) is 14.0. The van der Waals surface area contributed by atoms with Crippen molar-refractivity contribution in [2.24, 2.45) is 0 Å². The van der Waals surface area contributed by atoms with Crippen LogP contribution in [0.2, 0.25) is 0 Å². The molecule has 4 heteroatoms. The number of benzene rings is 1. The average Bonchev–Trinajstić information content (AvgIpc) is 2.72. The molecule has 4 nitrogen and oxygen atoms in total. The number of rotatable bonds is 12. The van der Waals surface area contributed by atoms with E-state index in [1.807, 2.05) is 31.2 Å². The first-order valence-corrected chi connectivity index (χ1v) is 11.0. The molecule has 0 amide bonds. The van der Waals surface area contributed by atoms with E-state index in [9.17, 15) is 19.8 Å². The van der Waals surface area contributed by atoms with Crippen molar-refractivity contribution in [3.8, 4) is 0 Å². The molecule has 0 spiro atoms. The van der Waals surface area contributed by atoms with E-state index >= 15 is 0 Å². The van der Waals surface area contributed by atoms with Gasteiger partial charge < -0.3 is 10.2 Å². The van der Waals surface area contributed by atoms with Crippen LogP contribution in [0, 0.1) is 6.92 Å². The number of aryl methyl sites for hydroxylation is 1. The molecule has 0 atom stereocenters.